The van der Waals surface area contributed by atoms with Gasteiger partial charge >= 0.3 is 5.97 Å². The van der Waals surface area contributed by atoms with E-state index in [4.69, 9.17) is 5.11 Å². The highest BCUT2D eigenvalue weighted by Crippen LogP contribution is 2.32. The number of hydrogen-bond acceptors (Lipinski definition) is 3. The van der Waals surface area contributed by atoms with Gasteiger partial charge in [0.1, 0.15) is 6.04 Å². The first-order valence-electron chi connectivity index (χ1n) is 6.88. The molecule has 1 aliphatic heterocycles. The summed E-state index contributed by atoms with van der Waals surface area (Å²) in [6.45, 7) is 5.34. The smallest absolute Gasteiger partial charge is 0.320 e. The molecule has 1 saturated carbocycles. The van der Waals surface area contributed by atoms with Gasteiger partial charge in [0.15, 0.2) is 0 Å². The van der Waals surface area contributed by atoms with E-state index in [1.165, 1.54) is 32.4 Å². The van der Waals surface area contributed by atoms with Gasteiger partial charge in [-0.15, -0.1) is 0 Å². The van der Waals surface area contributed by atoms with Crippen LogP contribution in [0.3, 0.4) is 0 Å². The van der Waals surface area contributed by atoms with Crippen molar-refractivity contribution in [3.8, 4) is 0 Å². The zero-order chi connectivity index (χ0) is 12.3. The van der Waals surface area contributed by atoms with Crippen molar-refractivity contribution in [2.45, 2.75) is 51.1 Å². The van der Waals surface area contributed by atoms with Crippen LogP contribution in [-0.4, -0.2) is 47.7 Å². The molecular formula is C13H24N2O2. The summed E-state index contributed by atoms with van der Waals surface area (Å²) in [4.78, 5) is 13.6. The molecule has 0 aromatic heterocycles. The zero-order valence-electron chi connectivity index (χ0n) is 10.7. The third-order valence-corrected chi connectivity index (χ3v) is 4.01. The summed E-state index contributed by atoms with van der Waals surface area (Å²) in [5.74, 6) is -0.306. The third kappa shape index (κ3) is 3.68. The molecule has 2 aliphatic rings. The van der Waals surface area contributed by atoms with E-state index in [2.05, 4.69) is 17.1 Å². The molecule has 0 spiro atoms. The minimum absolute atomic E-state index is 0.317. The number of nitrogens with one attached hydrogen (secondary N) is 1. The highest BCUT2D eigenvalue weighted by atomic mass is 16.4. The standard InChI is InChI=1S/C13H24N2O2/c1-10(15-7-3-2-4-8-15)9-14-12(13(16)17)11-5-6-11/h10-12,14H,2-9H2,1H3,(H,16,17). The molecule has 2 atom stereocenters. The van der Waals surface area contributed by atoms with Crippen molar-refractivity contribution in [1.29, 1.82) is 0 Å². The topological polar surface area (TPSA) is 52.6 Å². The van der Waals surface area contributed by atoms with Gasteiger partial charge in [-0.25, -0.2) is 0 Å². The molecule has 1 aliphatic carbocycles. The number of aliphatic carboxylic acids is 1. The van der Waals surface area contributed by atoms with Crippen LogP contribution in [0, 0.1) is 5.92 Å². The molecule has 0 amide bonds. The lowest BCUT2D eigenvalue weighted by Crippen LogP contribution is -2.48. The molecule has 0 aromatic carbocycles. The molecule has 2 rings (SSSR count). The Morgan fingerprint density at radius 3 is 2.53 bits per heavy atom. The van der Waals surface area contributed by atoms with Crippen LogP contribution in [0.5, 0.6) is 0 Å². The SMILES string of the molecule is CC(CNC(C(=O)O)C1CC1)N1CCCCC1. The monoisotopic (exact) mass is 240 g/mol. The van der Waals surface area contributed by atoms with Crippen LogP contribution in [0.4, 0.5) is 0 Å². The first kappa shape index (κ1) is 12.8. The quantitative estimate of drug-likeness (QED) is 0.735. The van der Waals surface area contributed by atoms with Crippen LogP contribution < -0.4 is 5.32 Å². The lowest BCUT2D eigenvalue weighted by molar-refractivity contribution is -0.140. The Hall–Kier alpha value is -0.610. The average molecular weight is 240 g/mol. The van der Waals surface area contributed by atoms with Crippen LogP contribution in [0.2, 0.25) is 0 Å². The maximum absolute atomic E-state index is 11.1. The molecule has 2 unspecified atom stereocenters. The maximum Gasteiger partial charge on any atom is 0.320 e. The van der Waals surface area contributed by atoms with Crippen molar-refractivity contribution in [3.05, 3.63) is 0 Å². The van der Waals surface area contributed by atoms with Crippen molar-refractivity contribution in [2.75, 3.05) is 19.6 Å². The largest absolute Gasteiger partial charge is 0.480 e. The Kier molecular flexibility index (Phi) is 4.40. The van der Waals surface area contributed by atoms with Gasteiger partial charge in [0, 0.05) is 12.6 Å². The highest BCUT2D eigenvalue weighted by Gasteiger charge is 2.36. The molecule has 0 aromatic rings. The van der Waals surface area contributed by atoms with Gasteiger partial charge in [0.25, 0.3) is 0 Å². The number of carboxylic acids is 1. The van der Waals surface area contributed by atoms with Gasteiger partial charge in [-0.1, -0.05) is 6.42 Å². The Balaban J connectivity index is 1.73. The summed E-state index contributed by atoms with van der Waals surface area (Å²) >= 11 is 0. The number of hydrogen-bond donors (Lipinski definition) is 2. The van der Waals surface area contributed by atoms with Crippen molar-refractivity contribution in [2.24, 2.45) is 5.92 Å². The molecule has 4 nitrogen and oxygen atoms in total. The summed E-state index contributed by atoms with van der Waals surface area (Å²) in [6, 6.07) is 0.137. The second kappa shape index (κ2) is 5.83. The van der Waals surface area contributed by atoms with Crippen molar-refractivity contribution < 1.29 is 9.90 Å². The third-order valence-electron chi connectivity index (χ3n) is 4.01. The first-order chi connectivity index (χ1) is 8.18. The zero-order valence-corrected chi connectivity index (χ0v) is 10.7. The molecule has 0 bridgehead atoms. The summed E-state index contributed by atoms with van der Waals surface area (Å²) in [5, 5.41) is 12.4. The van der Waals surface area contributed by atoms with E-state index in [1.54, 1.807) is 0 Å². The van der Waals surface area contributed by atoms with Crippen molar-refractivity contribution in [3.63, 3.8) is 0 Å². The fourth-order valence-electron chi connectivity index (χ4n) is 2.67. The molecule has 0 radical (unpaired) electrons. The van der Waals surface area contributed by atoms with E-state index in [1.807, 2.05) is 0 Å². The second-order valence-electron chi connectivity index (χ2n) is 5.51. The number of carbonyl (C=O) groups is 1. The van der Waals surface area contributed by atoms with Crippen LogP contribution in [-0.2, 0) is 4.79 Å². The predicted molar refractivity (Wildman–Crippen MR) is 67.0 cm³/mol. The van der Waals surface area contributed by atoms with E-state index in [9.17, 15) is 4.79 Å². The van der Waals surface area contributed by atoms with Crippen LogP contribution in [0.15, 0.2) is 0 Å². The Bertz CT molecular complexity index is 260. The molecule has 1 heterocycles. The predicted octanol–water partition coefficient (Wildman–Crippen LogP) is 1.31. The Morgan fingerprint density at radius 2 is 2.00 bits per heavy atom. The minimum Gasteiger partial charge on any atom is -0.480 e. The van der Waals surface area contributed by atoms with E-state index in [0.29, 0.717) is 12.0 Å². The fraction of sp³-hybridized carbons (Fsp3) is 0.923. The van der Waals surface area contributed by atoms with Gasteiger partial charge in [-0.2, -0.15) is 0 Å². The number of carboxylic acid groups (broad SMARTS) is 1. The summed E-state index contributed by atoms with van der Waals surface area (Å²) in [5.41, 5.74) is 0. The Labute approximate surface area is 103 Å². The maximum atomic E-state index is 11.1. The number of rotatable bonds is 6. The van der Waals surface area contributed by atoms with E-state index < -0.39 is 5.97 Å². The molecule has 2 fully saturated rings. The van der Waals surface area contributed by atoms with Crippen molar-refractivity contribution in [1.82, 2.24) is 10.2 Å². The van der Waals surface area contributed by atoms with E-state index >= 15 is 0 Å². The number of likely N-dealkylation sites (tertiary alicyclic amines) is 1. The summed E-state index contributed by atoms with van der Waals surface area (Å²) in [6.07, 6.45) is 6.06. The first-order valence-corrected chi connectivity index (χ1v) is 6.88. The normalized spacial score (nSPS) is 25.5. The van der Waals surface area contributed by atoms with Gasteiger partial charge < -0.3 is 10.4 Å². The van der Waals surface area contributed by atoms with Crippen LogP contribution >= 0.6 is 0 Å². The molecule has 98 valence electrons. The van der Waals surface area contributed by atoms with Gasteiger partial charge in [0.05, 0.1) is 0 Å². The van der Waals surface area contributed by atoms with Gasteiger partial charge in [0.2, 0.25) is 0 Å². The molecular weight excluding hydrogens is 216 g/mol. The van der Waals surface area contributed by atoms with Gasteiger partial charge in [-0.05, 0) is 51.6 Å². The van der Waals surface area contributed by atoms with Crippen LogP contribution in [0.25, 0.3) is 0 Å². The lowest BCUT2D eigenvalue weighted by atomic mass is 10.1. The molecule has 1 saturated heterocycles. The van der Waals surface area contributed by atoms with E-state index in [-0.39, 0.29) is 6.04 Å². The lowest BCUT2D eigenvalue weighted by Gasteiger charge is -2.33. The molecule has 2 N–H and O–H groups in total. The fourth-order valence-corrected chi connectivity index (χ4v) is 2.67. The minimum atomic E-state index is -0.682. The summed E-state index contributed by atoms with van der Waals surface area (Å²) in [7, 11) is 0. The van der Waals surface area contributed by atoms with Crippen LogP contribution in [0.1, 0.15) is 39.0 Å². The van der Waals surface area contributed by atoms with E-state index in [0.717, 1.165) is 19.4 Å². The van der Waals surface area contributed by atoms with Crippen molar-refractivity contribution >= 4 is 5.97 Å². The average Bonchev–Trinajstić information content (AvgIpc) is 3.14. The number of piperidine rings is 1. The molecule has 17 heavy (non-hydrogen) atoms. The number of nitrogens with zero attached hydrogens (tertiary/aromatic N) is 1. The Morgan fingerprint density at radius 1 is 1.35 bits per heavy atom. The highest BCUT2D eigenvalue weighted by molar-refractivity contribution is 5.74. The molecule has 4 heteroatoms. The second-order valence-corrected chi connectivity index (χ2v) is 5.51. The van der Waals surface area contributed by atoms with Gasteiger partial charge in [-0.3, -0.25) is 9.69 Å². The summed E-state index contributed by atoms with van der Waals surface area (Å²) < 4.78 is 0.